The van der Waals surface area contributed by atoms with Crippen LogP contribution >= 0.6 is 11.6 Å². The number of halogens is 1. The first-order chi connectivity index (χ1) is 13.0. The van der Waals surface area contributed by atoms with E-state index in [1.807, 2.05) is 37.3 Å². The Morgan fingerprint density at radius 3 is 2.48 bits per heavy atom. The maximum atomic E-state index is 13.2. The van der Waals surface area contributed by atoms with Crippen molar-refractivity contribution >= 4 is 11.6 Å². The van der Waals surface area contributed by atoms with E-state index in [0.29, 0.717) is 27.7 Å². The number of aromatic nitrogens is 4. The number of hydrogen-bond donors (Lipinski definition) is 1. The average Bonchev–Trinajstić information content (AvgIpc) is 3.13. The van der Waals surface area contributed by atoms with Gasteiger partial charge in [0, 0.05) is 7.05 Å². The molecular weight excluding hydrogens is 366 g/mol. The monoisotopic (exact) mass is 381 g/mol. The van der Waals surface area contributed by atoms with Crippen LogP contribution in [0.2, 0.25) is 5.02 Å². The Bertz CT molecular complexity index is 1250. The summed E-state index contributed by atoms with van der Waals surface area (Å²) in [6.07, 6.45) is 0. The molecule has 0 spiro atoms. The van der Waals surface area contributed by atoms with E-state index in [4.69, 9.17) is 21.5 Å². The van der Waals surface area contributed by atoms with Gasteiger partial charge in [0.05, 0.1) is 16.3 Å². The van der Waals surface area contributed by atoms with Gasteiger partial charge in [0.25, 0.3) is 16.9 Å². The largest absolute Gasteiger partial charge is 0.486 e. The Kier molecular flexibility index (Phi) is 4.08. The van der Waals surface area contributed by atoms with Gasteiger partial charge in [-0.25, -0.2) is 9.95 Å². The summed E-state index contributed by atoms with van der Waals surface area (Å²) in [6, 6.07) is 16.4. The minimum Gasteiger partial charge on any atom is -0.486 e. The first-order valence-electron chi connectivity index (χ1n) is 8.23. The molecule has 8 heteroatoms. The van der Waals surface area contributed by atoms with Gasteiger partial charge in [0.15, 0.2) is 0 Å². The maximum Gasteiger partial charge on any atom is 0.343 e. The number of nitrogens with zero attached hydrogens (tertiary/aromatic N) is 4. The molecule has 0 aliphatic heterocycles. The molecule has 7 nitrogen and oxygen atoms in total. The van der Waals surface area contributed by atoms with Gasteiger partial charge in [-0.1, -0.05) is 41.9 Å². The molecule has 0 aliphatic rings. The summed E-state index contributed by atoms with van der Waals surface area (Å²) >= 11 is 6.30. The Morgan fingerprint density at radius 1 is 1.11 bits per heavy atom. The van der Waals surface area contributed by atoms with Crippen molar-refractivity contribution in [3.05, 3.63) is 81.2 Å². The molecule has 4 aromatic rings. The second kappa shape index (κ2) is 6.44. The molecule has 0 amide bonds. The summed E-state index contributed by atoms with van der Waals surface area (Å²) in [4.78, 5) is 13.2. The van der Waals surface area contributed by atoms with Gasteiger partial charge in [0.2, 0.25) is 0 Å². The third kappa shape index (κ3) is 2.63. The summed E-state index contributed by atoms with van der Waals surface area (Å²) in [5.74, 6) is 0. The number of nitrogens with one attached hydrogen (secondary N) is 1. The lowest BCUT2D eigenvalue weighted by molar-refractivity contribution is -0.667. The lowest BCUT2D eigenvalue weighted by Gasteiger charge is -2.06. The smallest absolute Gasteiger partial charge is 0.343 e. The molecule has 2 aromatic carbocycles. The van der Waals surface area contributed by atoms with Crippen LogP contribution in [0.5, 0.6) is 0 Å². The highest BCUT2D eigenvalue weighted by Crippen LogP contribution is 2.23. The topological polar surface area (TPSA) is 81.9 Å². The van der Waals surface area contributed by atoms with Crippen molar-refractivity contribution in [3.8, 4) is 22.6 Å². The molecule has 0 saturated carbocycles. The van der Waals surface area contributed by atoms with E-state index in [2.05, 4.69) is 5.27 Å². The van der Waals surface area contributed by atoms with Crippen LogP contribution in [0.3, 0.4) is 0 Å². The van der Waals surface area contributed by atoms with Gasteiger partial charge < -0.3 is 4.52 Å². The average molecular weight is 382 g/mol. The van der Waals surface area contributed by atoms with Crippen molar-refractivity contribution in [2.45, 2.75) is 6.92 Å². The van der Waals surface area contributed by atoms with E-state index in [-0.39, 0.29) is 11.1 Å². The first kappa shape index (κ1) is 17.1. The predicted octanol–water partition coefficient (Wildman–Crippen LogP) is 2.11. The molecule has 0 unspecified atom stereocenters. The Labute approximate surface area is 159 Å². The van der Waals surface area contributed by atoms with Crippen LogP contribution in [0.25, 0.3) is 22.6 Å². The molecule has 0 aliphatic carbocycles. The lowest BCUT2D eigenvalue weighted by atomic mass is 10.1. The number of benzene rings is 2. The zero-order chi connectivity index (χ0) is 19.1. The molecule has 0 fully saturated rings. The summed E-state index contributed by atoms with van der Waals surface area (Å²) in [6.45, 7) is 1.82. The van der Waals surface area contributed by atoms with Gasteiger partial charge in [-0.2, -0.15) is 4.68 Å². The highest BCUT2D eigenvalue weighted by molar-refractivity contribution is 6.33. The molecule has 0 atom stereocenters. The highest BCUT2D eigenvalue weighted by atomic mass is 35.5. The van der Waals surface area contributed by atoms with E-state index in [0.717, 1.165) is 5.69 Å². The summed E-state index contributed by atoms with van der Waals surface area (Å²) in [5.41, 5.74) is 2.17. The van der Waals surface area contributed by atoms with E-state index < -0.39 is 0 Å². The summed E-state index contributed by atoms with van der Waals surface area (Å²) < 4.78 is 9.73. The van der Waals surface area contributed by atoms with Crippen molar-refractivity contribution in [3.63, 3.8) is 0 Å². The lowest BCUT2D eigenvalue weighted by Crippen LogP contribution is -2.43. The van der Waals surface area contributed by atoms with E-state index >= 15 is 0 Å². The van der Waals surface area contributed by atoms with Crippen molar-refractivity contribution in [2.24, 2.45) is 7.05 Å². The molecule has 0 saturated heterocycles. The molecule has 0 radical (unpaired) electrons. The van der Waals surface area contributed by atoms with Crippen molar-refractivity contribution in [1.29, 1.82) is 5.41 Å². The fraction of sp³-hybridized carbons (Fsp3) is 0.105. The van der Waals surface area contributed by atoms with Crippen molar-refractivity contribution in [1.82, 2.24) is 14.6 Å². The van der Waals surface area contributed by atoms with Crippen molar-refractivity contribution < 1.29 is 9.20 Å². The van der Waals surface area contributed by atoms with Gasteiger partial charge in [0.1, 0.15) is 5.69 Å². The van der Waals surface area contributed by atoms with Crippen LogP contribution in [0.4, 0.5) is 0 Å². The zero-order valence-corrected chi connectivity index (χ0v) is 15.4. The number of para-hydroxylation sites is 1. The quantitative estimate of drug-likeness (QED) is 0.552. The molecule has 1 N–H and O–H groups in total. The fourth-order valence-electron chi connectivity index (χ4n) is 3.10. The van der Waals surface area contributed by atoms with Gasteiger partial charge in [-0.05, 0) is 31.2 Å². The molecule has 136 valence electrons. The highest BCUT2D eigenvalue weighted by Gasteiger charge is 2.28. The van der Waals surface area contributed by atoms with Crippen LogP contribution < -0.4 is 21.1 Å². The molecule has 0 bridgehead atoms. The minimum absolute atomic E-state index is 0.169. The molecule has 2 heterocycles. The second-order valence-electron chi connectivity index (χ2n) is 6.05. The Morgan fingerprint density at radius 2 is 1.78 bits per heavy atom. The zero-order valence-electron chi connectivity index (χ0n) is 14.7. The fourth-order valence-corrected chi connectivity index (χ4v) is 3.33. The Hall–Kier alpha value is -3.32. The second-order valence-corrected chi connectivity index (χ2v) is 6.46. The van der Waals surface area contributed by atoms with E-state index in [1.54, 1.807) is 40.7 Å². The van der Waals surface area contributed by atoms with E-state index in [9.17, 15) is 4.79 Å². The van der Waals surface area contributed by atoms with Crippen LogP contribution in [0.1, 0.15) is 5.69 Å². The Balaban J connectivity index is 2.02. The molecule has 27 heavy (non-hydrogen) atoms. The minimum atomic E-state index is -0.271. The van der Waals surface area contributed by atoms with E-state index in [1.165, 1.54) is 4.68 Å². The van der Waals surface area contributed by atoms with Crippen LogP contribution in [0, 0.1) is 12.3 Å². The van der Waals surface area contributed by atoms with Gasteiger partial charge in [-0.3, -0.25) is 14.9 Å². The van der Waals surface area contributed by atoms with Crippen LogP contribution in [-0.2, 0) is 7.05 Å². The van der Waals surface area contributed by atoms with Crippen LogP contribution in [-0.4, -0.2) is 9.36 Å². The molecule has 2 aromatic heterocycles. The normalized spacial score (nSPS) is 11.1. The van der Waals surface area contributed by atoms with Gasteiger partial charge in [-0.15, -0.1) is 0 Å². The third-order valence-electron chi connectivity index (χ3n) is 4.51. The third-order valence-corrected chi connectivity index (χ3v) is 4.83. The van der Waals surface area contributed by atoms with Crippen LogP contribution in [0.15, 0.2) is 63.9 Å². The summed E-state index contributed by atoms with van der Waals surface area (Å²) in [7, 11) is 1.80. The SMILES string of the molecule is Cc1c(-[n+]2[n-]oc(=N)c2-c2ccccc2Cl)c(=O)n(-c2ccccc2)n1C. The first-order valence-corrected chi connectivity index (χ1v) is 8.61. The molecule has 4 rings (SSSR count). The standard InChI is InChI=1S/C19H16ClN5O2/c1-12-16(19(26)25(23(12)2)13-8-4-3-5-9-13)24-17(18(21)27-22-24)14-10-6-7-11-15(14)20/h3-11,21H,1-2H3. The van der Waals surface area contributed by atoms with Crippen molar-refractivity contribution in [2.75, 3.05) is 0 Å². The number of hydrogen-bond acceptors (Lipinski definition) is 3. The number of rotatable bonds is 3. The molecular formula is C19H16ClN5O2. The predicted molar refractivity (Wildman–Crippen MR) is 99.2 cm³/mol. The summed E-state index contributed by atoms with van der Waals surface area (Å²) in [5, 5.41) is 12.5. The maximum absolute atomic E-state index is 13.2. The van der Waals surface area contributed by atoms with Gasteiger partial charge >= 0.3 is 5.56 Å².